The molecule has 1 aliphatic heterocycles. The molecule has 30 heavy (non-hydrogen) atoms. The van der Waals surface area contributed by atoms with Gasteiger partial charge in [-0.2, -0.15) is 5.10 Å². The number of carbonyl (C=O) groups excluding carboxylic acids is 1. The van der Waals surface area contributed by atoms with Gasteiger partial charge in [-0.15, -0.1) is 0 Å². The zero-order chi connectivity index (χ0) is 21.3. The van der Waals surface area contributed by atoms with Gasteiger partial charge in [0.2, 0.25) is 0 Å². The highest BCUT2D eigenvalue weighted by atomic mass is 35.5. The summed E-state index contributed by atoms with van der Waals surface area (Å²) in [6, 6.07) is 22.7. The van der Waals surface area contributed by atoms with Crippen molar-refractivity contribution in [3.05, 3.63) is 94.5 Å². The molecule has 4 rings (SSSR count). The highest BCUT2D eigenvalue weighted by Crippen LogP contribution is 2.37. The van der Waals surface area contributed by atoms with Gasteiger partial charge in [0.1, 0.15) is 0 Å². The number of hydrazone groups is 1. The number of aromatic carboxylic acids is 1. The summed E-state index contributed by atoms with van der Waals surface area (Å²) in [5.74, 6) is -1.19. The number of carboxylic acids is 1. The predicted octanol–water partition coefficient (Wildman–Crippen LogP) is 4.13. The summed E-state index contributed by atoms with van der Waals surface area (Å²) in [5.41, 5.74) is 5.20. The highest BCUT2D eigenvalue weighted by Gasteiger charge is 2.30. The van der Waals surface area contributed by atoms with Crippen LogP contribution in [-0.2, 0) is 0 Å². The molecule has 5 nitrogen and oxygen atoms in total. The quantitative estimate of drug-likeness (QED) is 0.625. The van der Waals surface area contributed by atoms with Crippen molar-refractivity contribution in [2.75, 3.05) is 24.0 Å². The first kappa shape index (κ1) is 20.0. The summed E-state index contributed by atoms with van der Waals surface area (Å²) in [6.45, 7) is 0. The van der Waals surface area contributed by atoms with Gasteiger partial charge >= 0.3 is 0 Å². The lowest BCUT2D eigenvalue weighted by Crippen LogP contribution is -2.22. The van der Waals surface area contributed by atoms with E-state index in [1.807, 2.05) is 43.4 Å². The van der Waals surface area contributed by atoms with Crippen LogP contribution in [0.5, 0.6) is 0 Å². The third-order valence-corrected chi connectivity index (χ3v) is 5.50. The Bertz CT molecular complexity index is 1070. The van der Waals surface area contributed by atoms with Gasteiger partial charge in [-0.25, -0.2) is 0 Å². The second kappa shape index (κ2) is 8.20. The maximum absolute atomic E-state index is 11.1. The molecule has 1 heterocycles. The lowest BCUT2D eigenvalue weighted by molar-refractivity contribution is -0.255. The molecule has 1 atom stereocenters. The Hall–Kier alpha value is -3.31. The smallest absolute Gasteiger partial charge is 0.0831 e. The summed E-state index contributed by atoms with van der Waals surface area (Å²) in [5, 5.41) is 18.6. The monoisotopic (exact) mass is 418 g/mol. The van der Waals surface area contributed by atoms with Crippen LogP contribution in [0, 0.1) is 0 Å². The number of hydrogen-bond donors (Lipinski definition) is 0. The van der Waals surface area contributed by atoms with Crippen LogP contribution in [0.25, 0.3) is 0 Å². The molecule has 0 aliphatic carbocycles. The van der Waals surface area contributed by atoms with Gasteiger partial charge in [0.25, 0.3) is 0 Å². The first-order valence-corrected chi connectivity index (χ1v) is 10.0. The van der Waals surface area contributed by atoms with Crippen LogP contribution in [0.1, 0.15) is 33.9 Å². The Labute approximate surface area is 180 Å². The molecule has 0 amide bonds. The van der Waals surface area contributed by atoms with Crippen LogP contribution in [0.4, 0.5) is 11.4 Å². The van der Waals surface area contributed by atoms with E-state index in [-0.39, 0.29) is 11.6 Å². The molecule has 0 radical (unpaired) electrons. The van der Waals surface area contributed by atoms with Crippen LogP contribution in [0.15, 0.2) is 77.9 Å². The lowest BCUT2D eigenvalue weighted by atomic mass is 9.98. The maximum Gasteiger partial charge on any atom is 0.0831 e. The van der Waals surface area contributed by atoms with Crippen molar-refractivity contribution in [1.82, 2.24) is 0 Å². The normalized spacial score (nSPS) is 15.8. The topological polar surface area (TPSA) is 59.0 Å². The molecule has 0 saturated heterocycles. The summed E-state index contributed by atoms with van der Waals surface area (Å²) in [7, 11) is 4.02. The number of hydrogen-bond acceptors (Lipinski definition) is 5. The van der Waals surface area contributed by atoms with Crippen molar-refractivity contribution in [3.63, 3.8) is 0 Å². The summed E-state index contributed by atoms with van der Waals surface area (Å²) < 4.78 is 0. The fraction of sp³-hybridized carbons (Fsp3) is 0.167. The van der Waals surface area contributed by atoms with Crippen molar-refractivity contribution in [2.45, 2.75) is 12.5 Å². The van der Waals surface area contributed by atoms with E-state index in [9.17, 15) is 9.90 Å². The van der Waals surface area contributed by atoms with Crippen LogP contribution in [0.2, 0.25) is 5.02 Å². The minimum atomic E-state index is -1.19. The summed E-state index contributed by atoms with van der Waals surface area (Å²) >= 11 is 6.04. The predicted molar refractivity (Wildman–Crippen MR) is 119 cm³/mol. The molecule has 0 aromatic heterocycles. The molecule has 6 heteroatoms. The first-order valence-electron chi connectivity index (χ1n) is 9.64. The third kappa shape index (κ3) is 4.02. The van der Waals surface area contributed by atoms with E-state index in [1.165, 1.54) is 0 Å². The lowest BCUT2D eigenvalue weighted by Gasteiger charge is -2.25. The van der Waals surface area contributed by atoms with Crippen molar-refractivity contribution in [2.24, 2.45) is 5.10 Å². The van der Waals surface area contributed by atoms with Crippen LogP contribution in [-0.4, -0.2) is 25.8 Å². The number of benzene rings is 3. The Balaban J connectivity index is 1.71. The van der Waals surface area contributed by atoms with Gasteiger partial charge in [-0.1, -0.05) is 48.0 Å². The van der Waals surface area contributed by atoms with Crippen LogP contribution in [0.3, 0.4) is 0 Å². The van der Waals surface area contributed by atoms with Crippen molar-refractivity contribution >= 4 is 34.7 Å². The summed E-state index contributed by atoms with van der Waals surface area (Å²) in [4.78, 5) is 13.2. The zero-order valence-electron chi connectivity index (χ0n) is 16.7. The minimum absolute atomic E-state index is 0.000642. The van der Waals surface area contributed by atoms with Gasteiger partial charge < -0.3 is 14.8 Å². The van der Waals surface area contributed by atoms with E-state index in [1.54, 1.807) is 24.3 Å². The van der Waals surface area contributed by atoms with E-state index < -0.39 is 5.97 Å². The summed E-state index contributed by atoms with van der Waals surface area (Å²) in [6.07, 6.45) is 0.727. The van der Waals surface area contributed by atoms with E-state index in [0.29, 0.717) is 5.02 Å². The minimum Gasteiger partial charge on any atom is -0.545 e. The number of anilines is 2. The average Bonchev–Trinajstić information content (AvgIpc) is 3.20. The van der Waals surface area contributed by atoms with Crippen molar-refractivity contribution in [1.29, 1.82) is 0 Å². The Morgan fingerprint density at radius 2 is 1.63 bits per heavy atom. The molecule has 0 unspecified atom stereocenters. The molecule has 0 spiro atoms. The first-order chi connectivity index (χ1) is 14.4. The second-order valence-corrected chi connectivity index (χ2v) is 7.87. The van der Waals surface area contributed by atoms with Gasteiger partial charge in [0.15, 0.2) is 0 Å². The van der Waals surface area contributed by atoms with E-state index >= 15 is 0 Å². The molecule has 0 N–H and O–H groups in total. The van der Waals surface area contributed by atoms with Gasteiger partial charge in [-0.05, 0) is 53.1 Å². The molecule has 3 aromatic carbocycles. The number of rotatable bonds is 5. The van der Waals surface area contributed by atoms with Crippen molar-refractivity contribution in [3.8, 4) is 0 Å². The SMILES string of the molecule is CN(C)c1ccc([C@H]2CC(c3ccc(Cl)cc3)=NN2c2ccc(C(=O)[O-])cc2)cc1. The average molecular weight is 419 g/mol. The second-order valence-electron chi connectivity index (χ2n) is 7.44. The number of halogens is 1. The molecule has 0 bridgehead atoms. The van der Waals surface area contributed by atoms with Gasteiger partial charge in [0, 0.05) is 31.2 Å². The zero-order valence-corrected chi connectivity index (χ0v) is 17.5. The molecular weight excluding hydrogens is 398 g/mol. The van der Waals surface area contributed by atoms with Crippen LogP contribution >= 0.6 is 11.6 Å². The highest BCUT2D eigenvalue weighted by molar-refractivity contribution is 6.30. The number of carboxylic acid groups (broad SMARTS) is 1. The number of nitrogens with zero attached hydrogens (tertiary/aromatic N) is 3. The molecular formula is C24H21ClN3O2-. The Morgan fingerprint density at radius 1 is 1.00 bits per heavy atom. The van der Waals surface area contributed by atoms with Crippen molar-refractivity contribution < 1.29 is 9.90 Å². The molecule has 1 aliphatic rings. The van der Waals surface area contributed by atoms with E-state index in [2.05, 4.69) is 29.2 Å². The van der Waals surface area contributed by atoms with E-state index in [4.69, 9.17) is 16.7 Å². The fourth-order valence-corrected chi connectivity index (χ4v) is 3.70. The molecule has 3 aromatic rings. The largest absolute Gasteiger partial charge is 0.545 e. The van der Waals surface area contributed by atoms with Gasteiger partial charge in [-0.3, -0.25) is 5.01 Å². The Morgan fingerprint density at radius 3 is 2.20 bits per heavy atom. The fourth-order valence-electron chi connectivity index (χ4n) is 3.57. The van der Waals surface area contributed by atoms with Gasteiger partial charge in [0.05, 0.1) is 23.4 Å². The molecule has 152 valence electrons. The molecule has 0 fully saturated rings. The van der Waals surface area contributed by atoms with Crippen LogP contribution < -0.4 is 15.0 Å². The maximum atomic E-state index is 11.1. The standard InChI is InChI=1S/C24H22ClN3O2/c1-27(2)20-11-5-17(6-12-20)23-15-22(16-3-9-19(25)10-4-16)26-28(23)21-13-7-18(8-14-21)24(29)30/h3-14,23H,15H2,1-2H3,(H,29,30)/p-1/t23-/m1/s1. The molecule has 0 saturated carbocycles. The number of carbonyl (C=O) groups is 1. The third-order valence-electron chi connectivity index (χ3n) is 5.25. The Kier molecular flexibility index (Phi) is 5.46. The van der Waals surface area contributed by atoms with E-state index in [0.717, 1.165) is 34.6 Å².